The van der Waals surface area contributed by atoms with Crippen molar-refractivity contribution in [1.29, 1.82) is 0 Å². The topological polar surface area (TPSA) is 73.8 Å². The van der Waals surface area contributed by atoms with E-state index in [9.17, 15) is 23.2 Å². The van der Waals surface area contributed by atoms with Gasteiger partial charge >= 0.3 is 0 Å². The highest BCUT2D eigenvalue weighted by Gasteiger charge is 2.35. The zero-order valence-corrected chi connectivity index (χ0v) is 20.5. The van der Waals surface area contributed by atoms with E-state index < -0.39 is 22.8 Å². The molecule has 3 amide bonds. The third kappa shape index (κ3) is 5.39. The molecule has 0 unspecified atom stereocenters. The normalized spacial score (nSPS) is 17.1. The van der Waals surface area contributed by atoms with Crippen LogP contribution in [0, 0.1) is 11.6 Å². The lowest BCUT2D eigenvalue weighted by Crippen LogP contribution is -2.49. The van der Waals surface area contributed by atoms with Crippen LogP contribution in [0.1, 0.15) is 21.5 Å². The number of benzene rings is 2. The average molecular weight is 521 g/mol. The number of aromatic nitrogens is 1. The molecule has 0 bridgehead atoms. The van der Waals surface area contributed by atoms with Gasteiger partial charge in [-0.2, -0.15) is 0 Å². The van der Waals surface area contributed by atoms with Gasteiger partial charge in [0.1, 0.15) is 17.5 Å². The molecule has 2 aliphatic heterocycles. The first kappa shape index (κ1) is 24.6. The minimum absolute atomic E-state index is 0.0423. The third-order valence-corrected chi connectivity index (χ3v) is 7.10. The molecule has 10 heteroatoms. The Balaban J connectivity index is 1.26. The number of imide groups is 1. The molecule has 2 aliphatic rings. The van der Waals surface area contributed by atoms with Crippen molar-refractivity contribution in [2.75, 3.05) is 31.1 Å². The summed E-state index contributed by atoms with van der Waals surface area (Å²) in [5.41, 5.74) is 1.12. The molecule has 2 saturated heterocycles. The Kier molecular flexibility index (Phi) is 7.00. The Morgan fingerprint density at radius 1 is 0.973 bits per heavy atom. The number of hydrogen-bond donors (Lipinski definition) is 0. The van der Waals surface area contributed by atoms with Crippen molar-refractivity contribution >= 4 is 40.7 Å². The molecule has 0 spiro atoms. The maximum Gasteiger partial charge on any atom is 0.293 e. The second-order valence-corrected chi connectivity index (χ2v) is 9.59. The summed E-state index contributed by atoms with van der Waals surface area (Å²) in [6, 6.07) is 15.6. The van der Waals surface area contributed by atoms with Crippen molar-refractivity contribution in [1.82, 2.24) is 14.8 Å². The summed E-state index contributed by atoms with van der Waals surface area (Å²) in [7, 11) is 0. The van der Waals surface area contributed by atoms with Crippen LogP contribution in [-0.4, -0.2) is 58.0 Å². The highest BCUT2D eigenvalue weighted by Crippen LogP contribution is 2.33. The number of carbonyl (C=O) groups is 3. The van der Waals surface area contributed by atoms with Crippen molar-refractivity contribution in [3.8, 4) is 0 Å². The van der Waals surface area contributed by atoms with Gasteiger partial charge in [-0.25, -0.2) is 13.8 Å². The number of carbonyl (C=O) groups excluding carboxylic acids is 3. The number of rotatable bonds is 5. The van der Waals surface area contributed by atoms with E-state index in [4.69, 9.17) is 0 Å². The fraction of sp³-hybridized carbons (Fsp3) is 0.185. The number of amides is 3. The van der Waals surface area contributed by atoms with E-state index in [0.717, 1.165) is 28.5 Å². The fourth-order valence-electron chi connectivity index (χ4n) is 4.23. The van der Waals surface area contributed by atoms with E-state index in [-0.39, 0.29) is 22.9 Å². The van der Waals surface area contributed by atoms with Gasteiger partial charge < -0.3 is 9.80 Å². The van der Waals surface area contributed by atoms with Gasteiger partial charge in [-0.15, -0.1) is 0 Å². The number of hydrogen-bond acceptors (Lipinski definition) is 6. The molecular weight excluding hydrogens is 498 g/mol. The number of halogens is 2. The van der Waals surface area contributed by atoms with Gasteiger partial charge in [-0.05, 0) is 53.7 Å². The number of pyridine rings is 1. The number of thioether (sulfide) groups is 1. The van der Waals surface area contributed by atoms with E-state index in [1.807, 2.05) is 18.2 Å². The lowest BCUT2D eigenvalue weighted by atomic mass is 10.1. The van der Waals surface area contributed by atoms with E-state index in [1.165, 1.54) is 6.07 Å². The first-order chi connectivity index (χ1) is 17.9. The standard InChI is InChI=1S/C27H22F2N4O3S/c28-21-8-7-20(22(29)16-21)17-33-26(35)23(37-27(33)36)15-18-4-3-5-19(14-18)25(34)32-12-10-31(11-13-32)24-6-1-2-9-30-24/h1-9,14-16H,10-13,17H2/b23-15-. The molecule has 1 aromatic heterocycles. The molecule has 37 heavy (non-hydrogen) atoms. The lowest BCUT2D eigenvalue weighted by molar-refractivity contribution is -0.123. The van der Waals surface area contributed by atoms with Gasteiger partial charge in [0, 0.05) is 49.6 Å². The van der Waals surface area contributed by atoms with Crippen LogP contribution in [-0.2, 0) is 11.3 Å². The zero-order valence-electron chi connectivity index (χ0n) is 19.6. The second-order valence-electron chi connectivity index (χ2n) is 8.60. The molecule has 0 saturated carbocycles. The number of anilines is 1. The highest BCUT2D eigenvalue weighted by atomic mass is 32.2. The van der Waals surface area contributed by atoms with Crippen molar-refractivity contribution in [2.24, 2.45) is 0 Å². The van der Waals surface area contributed by atoms with Crippen LogP contribution in [0.4, 0.5) is 19.4 Å². The van der Waals surface area contributed by atoms with Crippen LogP contribution in [0.2, 0.25) is 0 Å². The highest BCUT2D eigenvalue weighted by molar-refractivity contribution is 8.18. The quantitative estimate of drug-likeness (QED) is 0.460. The molecule has 2 fully saturated rings. The SMILES string of the molecule is O=C(c1cccc(/C=C2\SC(=O)N(Cc3ccc(F)cc3F)C2=O)c1)N1CCN(c2ccccn2)CC1. The predicted molar refractivity (Wildman–Crippen MR) is 137 cm³/mol. The Bertz CT molecular complexity index is 1390. The first-order valence-electron chi connectivity index (χ1n) is 11.6. The van der Waals surface area contributed by atoms with Crippen molar-refractivity contribution in [3.05, 3.63) is 100 Å². The number of piperazine rings is 1. The summed E-state index contributed by atoms with van der Waals surface area (Å²) in [6.07, 6.45) is 3.29. The summed E-state index contributed by atoms with van der Waals surface area (Å²) in [5, 5.41) is -0.544. The van der Waals surface area contributed by atoms with Crippen LogP contribution < -0.4 is 4.90 Å². The van der Waals surface area contributed by atoms with Gasteiger partial charge in [0.15, 0.2) is 0 Å². The molecule has 5 rings (SSSR count). The smallest absolute Gasteiger partial charge is 0.293 e. The summed E-state index contributed by atoms with van der Waals surface area (Å²) in [4.78, 5) is 47.8. The van der Waals surface area contributed by atoms with Crippen molar-refractivity contribution < 1.29 is 23.2 Å². The van der Waals surface area contributed by atoms with Gasteiger partial charge in [0.05, 0.1) is 11.4 Å². The summed E-state index contributed by atoms with van der Waals surface area (Å²) < 4.78 is 27.2. The maximum absolute atomic E-state index is 14.0. The van der Waals surface area contributed by atoms with Gasteiger partial charge in [0.25, 0.3) is 17.1 Å². The van der Waals surface area contributed by atoms with Crippen LogP contribution in [0.5, 0.6) is 0 Å². The van der Waals surface area contributed by atoms with Crippen LogP contribution in [0.25, 0.3) is 6.08 Å². The largest absolute Gasteiger partial charge is 0.353 e. The molecule has 2 aromatic carbocycles. The average Bonchev–Trinajstić information content (AvgIpc) is 3.17. The van der Waals surface area contributed by atoms with Crippen LogP contribution in [0.15, 0.2) is 71.8 Å². The predicted octanol–water partition coefficient (Wildman–Crippen LogP) is 4.56. The van der Waals surface area contributed by atoms with Crippen LogP contribution in [0.3, 0.4) is 0 Å². The lowest BCUT2D eigenvalue weighted by Gasteiger charge is -2.35. The minimum atomic E-state index is -0.824. The third-order valence-electron chi connectivity index (χ3n) is 6.19. The Morgan fingerprint density at radius 2 is 1.78 bits per heavy atom. The second kappa shape index (κ2) is 10.5. The zero-order chi connectivity index (χ0) is 25.9. The Hall–Kier alpha value is -4.05. The maximum atomic E-state index is 14.0. The molecule has 0 N–H and O–H groups in total. The molecular formula is C27H22F2N4O3S. The molecule has 0 atom stereocenters. The van der Waals surface area contributed by atoms with Gasteiger partial charge in [-0.3, -0.25) is 19.3 Å². The monoisotopic (exact) mass is 520 g/mol. The Morgan fingerprint density at radius 3 is 2.51 bits per heavy atom. The van der Waals surface area contributed by atoms with E-state index in [2.05, 4.69) is 9.88 Å². The van der Waals surface area contributed by atoms with Crippen LogP contribution >= 0.6 is 11.8 Å². The van der Waals surface area contributed by atoms with E-state index in [0.29, 0.717) is 43.4 Å². The fourth-order valence-corrected chi connectivity index (χ4v) is 5.07. The van der Waals surface area contributed by atoms with Gasteiger partial charge in [-0.1, -0.05) is 24.3 Å². The molecule has 0 aliphatic carbocycles. The molecule has 7 nitrogen and oxygen atoms in total. The van der Waals surface area contributed by atoms with E-state index >= 15 is 0 Å². The van der Waals surface area contributed by atoms with E-state index in [1.54, 1.807) is 41.4 Å². The van der Waals surface area contributed by atoms with Crippen molar-refractivity contribution in [3.63, 3.8) is 0 Å². The molecule has 0 radical (unpaired) electrons. The van der Waals surface area contributed by atoms with Crippen molar-refractivity contribution in [2.45, 2.75) is 6.54 Å². The minimum Gasteiger partial charge on any atom is -0.353 e. The summed E-state index contributed by atoms with van der Waals surface area (Å²) in [5.74, 6) is -1.36. The van der Waals surface area contributed by atoms with Gasteiger partial charge in [0.2, 0.25) is 0 Å². The summed E-state index contributed by atoms with van der Waals surface area (Å²) in [6.45, 7) is 2.16. The number of nitrogens with zero attached hydrogens (tertiary/aromatic N) is 4. The molecule has 188 valence electrons. The molecule has 3 aromatic rings. The first-order valence-corrected chi connectivity index (χ1v) is 12.5. The Labute approximate surface area is 216 Å². The summed E-state index contributed by atoms with van der Waals surface area (Å²) >= 11 is 0.741. The molecule has 3 heterocycles.